The Hall–Kier alpha value is -0.490. The fraction of sp³-hybridized carbons (Fsp3) is 0.893. The van der Waals surface area contributed by atoms with Gasteiger partial charge in [0.1, 0.15) is 5.78 Å². The van der Waals surface area contributed by atoms with Crippen LogP contribution in [0.1, 0.15) is 120 Å². The maximum absolute atomic E-state index is 12.2. The Morgan fingerprint density at radius 1 is 0.853 bits per heavy atom. The zero-order chi connectivity index (χ0) is 26.2. The highest BCUT2D eigenvalue weighted by molar-refractivity contribution is 8.00. The van der Waals surface area contributed by atoms with Gasteiger partial charge in [0.05, 0.1) is 11.0 Å². The molecule has 1 fully saturated rings. The monoisotopic (exact) mass is 515 g/mol. The molecule has 2 amide bonds. The summed E-state index contributed by atoms with van der Waals surface area (Å²) in [6.07, 6.45) is 10.4. The topological polar surface area (TPSA) is 54.5 Å². The highest BCUT2D eigenvalue weighted by atomic mass is 32.2. The van der Waals surface area contributed by atoms with Crippen molar-refractivity contribution in [3.63, 3.8) is 0 Å². The second-order valence-corrected chi connectivity index (χ2v) is 14.1. The second-order valence-electron chi connectivity index (χ2n) is 11.9. The van der Waals surface area contributed by atoms with Gasteiger partial charge >= 0.3 is 0 Å². The number of nitrogens with zero attached hydrogens (tertiary/aromatic N) is 1. The summed E-state index contributed by atoms with van der Waals surface area (Å²) < 4.78 is 0. The molecule has 1 saturated heterocycles. The highest BCUT2D eigenvalue weighted by Gasteiger charge is 2.38. The van der Waals surface area contributed by atoms with E-state index in [0.717, 1.165) is 37.2 Å². The molecule has 0 aromatic heterocycles. The zero-order valence-electron chi connectivity index (χ0n) is 23.5. The number of carbonyl (C=O) groups excluding carboxylic acids is 3. The van der Waals surface area contributed by atoms with Crippen molar-refractivity contribution in [1.82, 2.24) is 4.90 Å². The van der Waals surface area contributed by atoms with E-state index >= 15 is 0 Å². The van der Waals surface area contributed by atoms with Crippen molar-refractivity contribution in [2.45, 2.75) is 125 Å². The van der Waals surface area contributed by atoms with Gasteiger partial charge in [-0.1, -0.05) is 93.9 Å². The number of likely N-dealkylation sites (tertiary alicyclic amines) is 1. The molecule has 1 heterocycles. The van der Waals surface area contributed by atoms with Gasteiger partial charge in [0.2, 0.25) is 11.8 Å². The molecule has 1 atom stereocenters. The summed E-state index contributed by atoms with van der Waals surface area (Å²) in [6, 6.07) is 0. The molecule has 0 spiro atoms. The molecule has 1 unspecified atom stereocenters. The quantitative estimate of drug-likeness (QED) is 0.165. The van der Waals surface area contributed by atoms with Crippen LogP contribution in [0.5, 0.6) is 0 Å². The number of unbranched alkanes of at least 4 members (excludes halogenated alkanes) is 6. The lowest BCUT2D eigenvalue weighted by atomic mass is 10.0. The largest absolute Gasteiger partial charge is 0.299 e. The van der Waals surface area contributed by atoms with Crippen molar-refractivity contribution in [2.24, 2.45) is 10.8 Å². The van der Waals surface area contributed by atoms with Crippen LogP contribution in [0.15, 0.2) is 0 Å². The first kappa shape index (κ1) is 33.5. The summed E-state index contributed by atoms with van der Waals surface area (Å²) in [7, 11) is 0. The minimum absolute atomic E-state index is 0.0212. The lowest BCUT2D eigenvalue weighted by Gasteiger charge is -2.19. The van der Waals surface area contributed by atoms with Crippen LogP contribution in [0.2, 0.25) is 0 Å². The highest BCUT2D eigenvalue weighted by Crippen LogP contribution is 2.30. The van der Waals surface area contributed by atoms with Gasteiger partial charge in [-0.25, -0.2) is 0 Å². The van der Waals surface area contributed by atoms with Gasteiger partial charge in [-0.05, 0) is 35.2 Å². The van der Waals surface area contributed by atoms with Gasteiger partial charge in [0.25, 0.3) is 0 Å². The normalized spacial score (nSPS) is 16.6. The molecule has 0 aromatic rings. The van der Waals surface area contributed by atoms with Crippen LogP contribution in [-0.2, 0) is 14.4 Å². The molecule has 200 valence electrons. The van der Waals surface area contributed by atoms with Crippen LogP contribution in [0.4, 0.5) is 0 Å². The lowest BCUT2D eigenvalue weighted by molar-refractivity contribution is -0.138. The molecule has 0 aliphatic carbocycles. The Kier molecular flexibility index (Phi) is 17.6. The van der Waals surface area contributed by atoms with E-state index in [0.29, 0.717) is 29.9 Å². The van der Waals surface area contributed by atoms with Crippen molar-refractivity contribution in [2.75, 3.05) is 23.8 Å². The number of Topliss-reactive ketones (excluding diaryl/α,β-unsaturated/α-hetero) is 1. The molecule has 34 heavy (non-hydrogen) atoms. The second kappa shape index (κ2) is 17.9. The fourth-order valence-electron chi connectivity index (χ4n) is 3.36. The third-order valence-corrected chi connectivity index (χ3v) is 8.66. The van der Waals surface area contributed by atoms with Crippen molar-refractivity contribution in [3.05, 3.63) is 0 Å². The third-order valence-electron chi connectivity index (χ3n) is 5.26. The SMILES string of the molecule is CCCCCCC(=O)CSCC(C)(C)C.CCCCCCN1C(=O)CC(SCC(C)(C)C)C1=O. The Morgan fingerprint density at radius 3 is 1.94 bits per heavy atom. The minimum atomic E-state index is -0.141. The summed E-state index contributed by atoms with van der Waals surface area (Å²) in [6.45, 7) is 18.1. The Balaban J connectivity index is 0.000000661. The summed E-state index contributed by atoms with van der Waals surface area (Å²) in [5.74, 6) is 3.20. The van der Waals surface area contributed by atoms with E-state index < -0.39 is 0 Å². The maximum atomic E-state index is 12.2. The van der Waals surface area contributed by atoms with E-state index in [1.807, 2.05) is 0 Å². The average Bonchev–Trinajstić information content (AvgIpc) is 2.99. The summed E-state index contributed by atoms with van der Waals surface area (Å²) in [4.78, 5) is 37.0. The van der Waals surface area contributed by atoms with Gasteiger partial charge in [-0.15, -0.1) is 11.8 Å². The Labute approximate surface area is 219 Å². The van der Waals surface area contributed by atoms with Crippen LogP contribution >= 0.6 is 23.5 Å². The summed E-state index contributed by atoms with van der Waals surface area (Å²) >= 11 is 3.42. The van der Waals surface area contributed by atoms with Gasteiger partial charge in [0.15, 0.2) is 0 Å². The number of ketones is 1. The first-order chi connectivity index (χ1) is 15.8. The van der Waals surface area contributed by atoms with Crippen LogP contribution < -0.4 is 0 Å². The van der Waals surface area contributed by atoms with Crippen LogP contribution in [0, 0.1) is 10.8 Å². The zero-order valence-corrected chi connectivity index (χ0v) is 25.1. The van der Waals surface area contributed by atoms with E-state index in [1.165, 1.54) is 37.0 Å². The van der Waals surface area contributed by atoms with Crippen molar-refractivity contribution in [3.8, 4) is 0 Å². The molecule has 1 aliphatic rings. The fourth-order valence-corrected chi connectivity index (χ4v) is 5.68. The Morgan fingerprint density at radius 2 is 1.41 bits per heavy atom. The van der Waals surface area contributed by atoms with Gasteiger partial charge in [0, 0.05) is 19.4 Å². The molecular formula is C28H53NO3S2. The van der Waals surface area contributed by atoms with Crippen LogP contribution in [0.3, 0.4) is 0 Å². The van der Waals surface area contributed by atoms with Gasteiger partial charge in [-0.2, -0.15) is 11.8 Å². The molecule has 1 aliphatic heterocycles. The molecule has 1 rings (SSSR count). The molecule has 6 heteroatoms. The standard InChI is InChI=1S/C15H27NO2S.C13H26OS/c1-5-6-7-8-9-16-13(17)10-12(14(16)18)19-11-15(2,3)4;1-5-6-7-8-9-12(14)10-15-11-13(2,3)4/h12H,5-11H2,1-4H3;5-11H2,1-4H3. The van der Waals surface area contributed by atoms with E-state index in [2.05, 4.69) is 55.4 Å². The van der Waals surface area contributed by atoms with Crippen LogP contribution in [-0.4, -0.2) is 51.6 Å². The smallest absolute Gasteiger partial charge is 0.242 e. The predicted molar refractivity (Wildman–Crippen MR) is 152 cm³/mol. The van der Waals surface area contributed by atoms with Crippen molar-refractivity contribution >= 4 is 41.1 Å². The minimum Gasteiger partial charge on any atom is -0.299 e. The van der Waals surface area contributed by atoms with Gasteiger partial charge < -0.3 is 0 Å². The molecular weight excluding hydrogens is 462 g/mol. The maximum Gasteiger partial charge on any atom is 0.242 e. The van der Waals surface area contributed by atoms with Crippen molar-refractivity contribution < 1.29 is 14.4 Å². The molecule has 0 saturated carbocycles. The number of amides is 2. The predicted octanol–water partition coefficient (Wildman–Crippen LogP) is 7.78. The number of hydrogen-bond acceptors (Lipinski definition) is 5. The number of hydrogen-bond donors (Lipinski definition) is 0. The average molecular weight is 516 g/mol. The lowest BCUT2D eigenvalue weighted by Crippen LogP contribution is -2.32. The molecule has 0 bridgehead atoms. The third kappa shape index (κ3) is 17.9. The Bertz CT molecular complexity index is 593. The molecule has 0 radical (unpaired) electrons. The molecule has 0 aromatic carbocycles. The van der Waals surface area contributed by atoms with Gasteiger partial charge in [-0.3, -0.25) is 19.3 Å². The van der Waals surface area contributed by atoms with Crippen LogP contribution in [0.25, 0.3) is 0 Å². The summed E-state index contributed by atoms with van der Waals surface area (Å²) in [5.41, 5.74) is 0.537. The first-order valence-electron chi connectivity index (χ1n) is 13.4. The van der Waals surface area contributed by atoms with E-state index in [4.69, 9.17) is 0 Å². The number of imide groups is 1. The van der Waals surface area contributed by atoms with E-state index in [9.17, 15) is 14.4 Å². The van der Waals surface area contributed by atoms with Crippen molar-refractivity contribution in [1.29, 1.82) is 0 Å². The van der Waals surface area contributed by atoms with E-state index in [-0.39, 0.29) is 22.5 Å². The number of thioether (sulfide) groups is 2. The molecule has 4 nitrogen and oxygen atoms in total. The number of carbonyl (C=O) groups is 3. The van der Waals surface area contributed by atoms with E-state index in [1.54, 1.807) is 23.5 Å². The number of rotatable bonds is 15. The first-order valence-corrected chi connectivity index (χ1v) is 15.6. The molecule has 0 N–H and O–H groups in total. The summed E-state index contributed by atoms with van der Waals surface area (Å²) in [5, 5.41) is -0.141.